The molecule has 0 fully saturated rings. The first-order valence-electron chi connectivity index (χ1n) is 16.7. The summed E-state index contributed by atoms with van der Waals surface area (Å²) in [6.07, 6.45) is 10.9. The molecule has 4 heterocycles. The van der Waals surface area contributed by atoms with Crippen LogP contribution >= 0.6 is 0 Å². The molecular formula is C41H40FN7O4. The summed E-state index contributed by atoms with van der Waals surface area (Å²) in [4.78, 5) is 44.9. The van der Waals surface area contributed by atoms with E-state index in [1.54, 1.807) is 55.2 Å². The van der Waals surface area contributed by atoms with Crippen LogP contribution in [0.25, 0.3) is 22.6 Å². The van der Waals surface area contributed by atoms with Crippen molar-refractivity contribution in [3.8, 4) is 22.6 Å². The van der Waals surface area contributed by atoms with Gasteiger partial charge in [-0.1, -0.05) is 23.3 Å². The first-order chi connectivity index (χ1) is 25.2. The van der Waals surface area contributed by atoms with Gasteiger partial charge in [0.15, 0.2) is 5.82 Å². The van der Waals surface area contributed by atoms with Crippen molar-refractivity contribution in [2.75, 3.05) is 10.6 Å². The number of aromatic carboxylic acids is 1. The topological polar surface area (TPSA) is 152 Å². The Balaban J connectivity index is 0.000000208. The highest BCUT2D eigenvalue weighted by Gasteiger charge is 2.21. The van der Waals surface area contributed by atoms with E-state index >= 15 is 0 Å². The van der Waals surface area contributed by atoms with E-state index in [1.807, 2.05) is 78.8 Å². The predicted molar refractivity (Wildman–Crippen MR) is 203 cm³/mol. The number of pyridine rings is 3. The lowest BCUT2D eigenvalue weighted by molar-refractivity contribution is 0.00703. The van der Waals surface area contributed by atoms with E-state index < -0.39 is 23.4 Å². The first-order valence-corrected chi connectivity index (χ1v) is 16.7. The number of aryl methyl sites for hydroxylation is 4. The van der Waals surface area contributed by atoms with E-state index in [0.717, 1.165) is 27.9 Å². The number of benzene rings is 2. The average molecular weight is 714 g/mol. The highest BCUT2D eigenvalue weighted by molar-refractivity contribution is 5.97. The number of halogens is 1. The average Bonchev–Trinajstić information content (AvgIpc) is 3.10. The Labute approximate surface area is 307 Å². The fourth-order valence-corrected chi connectivity index (χ4v) is 5.35. The fourth-order valence-electron chi connectivity index (χ4n) is 5.35. The molecule has 12 heteroatoms. The molecule has 3 N–H and O–H groups in total. The van der Waals surface area contributed by atoms with Crippen molar-refractivity contribution in [3.63, 3.8) is 0 Å². The maximum absolute atomic E-state index is 14.0. The number of ether oxygens (including phenoxy) is 1. The number of esters is 1. The number of rotatable bonds is 8. The van der Waals surface area contributed by atoms with Gasteiger partial charge in [-0.3, -0.25) is 24.9 Å². The maximum Gasteiger partial charge on any atom is 0.340 e. The van der Waals surface area contributed by atoms with E-state index in [4.69, 9.17) is 4.74 Å². The van der Waals surface area contributed by atoms with Crippen LogP contribution in [0.3, 0.4) is 0 Å². The van der Waals surface area contributed by atoms with Crippen LogP contribution in [0.4, 0.5) is 27.1 Å². The lowest BCUT2D eigenvalue weighted by Crippen LogP contribution is -2.24. The van der Waals surface area contributed by atoms with E-state index in [9.17, 15) is 19.1 Å². The fraction of sp³-hybridized carbons (Fsp3) is 0.195. The zero-order valence-electron chi connectivity index (χ0n) is 30.5. The van der Waals surface area contributed by atoms with Gasteiger partial charge in [-0.15, -0.1) is 0 Å². The van der Waals surface area contributed by atoms with Crippen LogP contribution in [0.1, 0.15) is 63.7 Å². The molecule has 0 saturated heterocycles. The number of carboxylic acid groups (broad SMARTS) is 1. The minimum Gasteiger partial charge on any atom is -0.478 e. The first kappa shape index (κ1) is 37.7. The Morgan fingerprint density at radius 3 is 1.77 bits per heavy atom. The molecule has 2 aromatic carbocycles. The molecule has 0 amide bonds. The van der Waals surface area contributed by atoms with Gasteiger partial charge in [0.2, 0.25) is 0 Å². The normalized spacial score (nSPS) is 10.9. The molecule has 0 aliphatic heterocycles. The van der Waals surface area contributed by atoms with Gasteiger partial charge in [-0.2, -0.15) is 0 Å². The Bertz CT molecular complexity index is 2270. The van der Waals surface area contributed by atoms with Gasteiger partial charge in [-0.25, -0.2) is 14.0 Å². The smallest absolute Gasteiger partial charge is 0.340 e. The van der Waals surface area contributed by atoms with Crippen molar-refractivity contribution in [1.82, 2.24) is 24.9 Å². The van der Waals surface area contributed by atoms with E-state index in [2.05, 4.69) is 35.6 Å². The highest BCUT2D eigenvalue weighted by Crippen LogP contribution is 2.29. The van der Waals surface area contributed by atoms with Crippen molar-refractivity contribution < 1.29 is 23.8 Å². The molecule has 0 spiro atoms. The van der Waals surface area contributed by atoms with Crippen molar-refractivity contribution in [1.29, 1.82) is 0 Å². The largest absolute Gasteiger partial charge is 0.478 e. The van der Waals surface area contributed by atoms with Crippen LogP contribution in [0.5, 0.6) is 0 Å². The number of anilines is 4. The van der Waals surface area contributed by atoms with Crippen LogP contribution in [-0.4, -0.2) is 47.6 Å². The Morgan fingerprint density at radius 2 is 1.25 bits per heavy atom. The molecule has 0 atom stereocenters. The van der Waals surface area contributed by atoms with E-state index in [-0.39, 0.29) is 5.56 Å². The van der Waals surface area contributed by atoms with Gasteiger partial charge in [0.05, 0.1) is 70.1 Å². The predicted octanol–water partition coefficient (Wildman–Crippen LogP) is 9.20. The third-order valence-electron chi connectivity index (χ3n) is 7.75. The minimum absolute atomic E-state index is 0.227. The summed E-state index contributed by atoms with van der Waals surface area (Å²) in [5, 5.41) is 15.7. The van der Waals surface area contributed by atoms with Gasteiger partial charge in [0.1, 0.15) is 11.3 Å². The van der Waals surface area contributed by atoms with Crippen molar-refractivity contribution in [3.05, 3.63) is 137 Å². The quantitative estimate of drug-likeness (QED) is 0.129. The molecule has 0 unspecified atom stereocenters. The zero-order chi connectivity index (χ0) is 38.3. The summed E-state index contributed by atoms with van der Waals surface area (Å²) in [6.45, 7) is 13.1. The lowest BCUT2D eigenvalue weighted by Gasteiger charge is -2.21. The number of carbonyl (C=O) groups excluding carboxylic acids is 1. The van der Waals surface area contributed by atoms with Crippen LogP contribution in [-0.2, 0) is 4.74 Å². The molecular weight excluding hydrogens is 673 g/mol. The molecule has 53 heavy (non-hydrogen) atoms. The second kappa shape index (κ2) is 16.2. The summed E-state index contributed by atoms with van der Waals surface area (Å²) in [5.74, 6) is -1.79. The zero-order valence-corrected chi connectivity index (χ0v) is 30.5. The SMILES string of the molecule is Cc1ccc(Nc2cnc(-c3ccncc3F)c(C)c2)c(C(=O)OC(C)(C)C)c1.Cc1ccc(Nc2cnc(-c3cnccn3)c(C)c2)c(C(=O)O)c1. The number of nitrogens with one attached hydrogen (secondary N) is 2. The maximum atomic E-state index is 14.0. The molecule has 6 rings (SSSR count). The molecule has 4 aromatic heterocycles. The van der Waals surface area contributed by atoms with Crippen LogP contribution in [0.2, 0.25) is 0 Å². The molecule has 0 aliphatic carbocycles. The van der Waals surface area contributed by atoms with Gasteiger partial charge < -0.3 is 20.5 Å². The lowest BCUT2D eigenvalue weighted by atomic mass is 10.1. The third kappa shape index (κ3) is 9.82. The number of aromatic nitrogens is 5. The standard InChI is InChI=1S/C23H24FN3O2.C18H16N4O2/c1-14-6-7-20(18(10-14)22(28)29-23(3,4)5)27-16-11-15(2)21(26-12-16)17-8-9-25-13-19(17)24;1-11-3-4-15(14(7-11)18(23)24)22-13-8-12(2)17(21-9-13)16-10-19-5-6-20-16/h6-13,27H,1-5H3;3-10,22H,1-2H3,(H,23,24). The molecule has 0 aliphatic rings. The minimum atomic E-state index is -0.970. The summed E-state index contributed by atoms with van der Waals surface area (Å²) in [6, 6.07) is 16.2. The second-order valence-electron chi connectivity index (χ2n) is 13.4. The van der Waals surface area contributed by atoms with Crippen molar-refractivity contribution in [2.24, 2.45) is 0 Å². The highest BCUT2D eigenvalue weighted by atomic mass is 19.1. The van der Waals surface area contributed by atoms with Gasteiger partial charge in [0.25, 0.3) is 0 Å². The van der Waals surface area contributed by atoms with Gasteiger partial charge >= 0.3 is 11.9 Å². The van der Waals surface area contributed by atoms with Crippen molar-refractivity contribution >= 4 is 34.7 Å². The van der Waals surface area contributed by atoms with Gasteiger partial charge in [0, 0.05) is 24.2 Å². The summed E-state index contributed by atoms with van der Waals surface area (Å²) >= 11 is 0. The number of hydrogen-bond acceptors (Lipinski definition) is 10. The number of hydrogen-bond donors (Lipinski definition) is 3. The number of carboxylic acids is 1. The van der Waals surface area contributed by atoms with E-state index in [1.165, 1.54) is 12.4 Å². The Kier molecular flexibility index (Phi) is 11.5. The Hall–Kier alpha value is -6.56. The molecule has 6 aromatic rings. The molecule has 270 valence electrons. The van der Waals surface area contributed by atoms with Crippen LogP contribution in [0.15, 0.2) is 98.0 Å². The molecule has 0 saturated carbocycles. The number of nitrogens with zero attached hydrogens (tertiary/aromatic N) is 5. The monoisotopic (exact) mass is 713 g/mol. The molecule has 11 nitrogen and oxygen atoms in total. The summed E-state index contributed by atoms with van der Waals surface area (Å²) in [7, 11) is 0. The molecule has 0 bridgehead atoms. The van der Waals surface area contributed by atoms with Gasteiger partial charge in [-0.05, 0) is 102 Å². The second-order valence-corrected chi connectivity index (χ2v) is 13.4. The van der Waals surface area contributed by atoms with Crippen molar-refractivity contribution in [2.45, 2.75) is 54.1 Å². The number of carbonyl (C=O) groups is 2. The summed E-state index contributed by atoms with van der Waals surface area (Å²) < 4.78 is 19.6. The van der Waals surface area contributed by atoms with Crippen LogP contribution < -0.4 is 10.6 Å². The van der Waals surface area contributed by atoms with Crippen LogP contribution in [0, 0.1) is 33.5 Å². The Morgan fingerprint density at radius 1 is 0.679 bits per heavy atom. The molecule has 0 radical (unpaired) electrons. The summed E-state index contributed by atoms with van der Waals surface area (Å²) in [5.41, 5.74) is 8.59. The van der Waals surface area contributed by atoms with E-state index in [0.29, 0.717) is 45.3 Å². The third-order valence-corrected chi connectivity index (χ3v) is 7.75.